The maximum atomic E-state index is 13.5. The molecule has 200 valence electrons. The van der Waals surface area contributed by atoms with Gasteiger partial charge in [-0.15, -0.1) is 0 Å². The highest BCUT2D eigenvalue weighted by Crippen LogP contribution is 2.34. The molecule has 3 aromatic carbocycles. The summed E-state index contributed by atoms with van der Waals surface area (Å²) in [6.45, 7) is -0.186. The van der Waals surface area contributed by atoms with Gasteiger partial charge in [0.25, 0.3) is 11.5 Å². The summed E-state index contributed by atoms with van der Waals surface area (Å²) in [6.07, 6.45) is 7.02. The molecule has 0 spiro atoms. The van der Waals surface area contributed by atoms with Crippen molar-refractivity contribution in [3.8, 4) is 11.5 Å². The minimum Gasteiger partial charge on any atom is -0.493 e. The standard InChI is InChI=1S/C30H29BrN4O4/c1-38-26-16-21(24(31)17-27(26)39-19-28(36)33-22-12-6-3-7-13-22)18-32-35-29(20-10-4-2-5-11-20)34-25-15-9-8-14-23(25)30(35)37/h3,6-9,12-18,20H,2,4-5,10-11,19H2,1H3,(H,33,36). The van der Waals surface area contributed by atoms with Crippen molar-refractivity contribution >= 4 is 44.6 Å². The summed E-state index contributed by atoms with van der Waals surface area (Å²) in [5, 5.41) is 7.93. The lowest BCUT2D eigenvalue weighted by atomic mass is 9.88. The van der Waals surface area contributed by atoms with Crippen molar-refractivity contribution in [1.29, 1.82) is 0 Å². The molecule has 0 atom stereocenters. The van der Waals surface area contributed by atoms with Crippen LogP contribution in [0.5, 0.6) is 11.5 Å². The first-order chi connectivity index (χ1) is 19.0. The SMILES string of the molecule is COc1cc(C=Nn2c(C3CCCCC3)nc3ccccc3c2=O)c(Br)cc1OCC(=O)Nc1ccccc1. The average molecular weight is 589 g/mol. The van der Waals surface area contributed by atoms with Gasteiger partial charge in [0.2, 0.25) is 0 Å². The molecule has 0 unspecified atom stereocenters. The number of nitrogens with zero attached hydrogens (tertiary/aromatic N) is 3. The van der Waals surface area contributed by atoms with Gasteiger partial charge in [-0.1, -0.05) is 49.6 Å². The van der Waals surface area contributed by atoms with Crippen molar-refractivity contribution in [3.05, 3.63) is 92.9 Å². The number of halogens is 1. The number of carbonyl (C=O) groups excluding carboxylic acids is 1. The maximum Gasteiger partial charge on any atom is 0.282 e. The van der Waals surface area contributed by atoms with E-state index in [1.54, 1.807) is 36.5 Å². The Balaban J connectivity index is 1.41. The Bertz CT molecular complexity index is 1560. The van der Waals surface area contributed by atoms with Crippen LogP contribution in [0.3, 0.4) is 0 Å². The van der Waals surface area contributed by atoms with Gasteiger partial charge in [-0.05, 0) is 65.2 Å². The number of nitrogens with one attached hydrogen (secondary N) is 1. The van der Waals surface area contributed by atoms with Crippen molar-refractivity contribution in [2.24, 2.45) is 5.10 Å². The summed E-state index contributed by atoms with van der Waals surface area (Å²) in [4.78, 5) is 30.7. The number of hydrogen-bond acceptors (Lipinski definition) is 6. The van der Waals surface area contributed by atoms with Crippen LogP contribution in [0.4, 0.5) is 5.69 Å². The summed E-state index contributed by atoms with van der Waals surface area (Å²) >= 11 is 3.57. The lowest BCUT2D eigenvalue weighted by Crippen LogP contribution is -2.25. The van der Waals surface area contributed by atoms with Gasteiger partial charge in [0.1, 0.15) is 5.82 Å². The second kappa shape index (κ2) is 12.3. The lowest BCUT2D eigenvalue weighted by Gasteiger charge is -2.22. The van der Waals surface area contributed by atoms with E-state index in [1.165, 1.54) is 18.2 Å². The number of methoxy groups -OCH3 is 1. The van der Waals surface area contributed by atoms with E-state index in [4.69, 9.17) is 14.5 Å². The van der Waals surface area contributed by atoms with E-state index >= 15 is 0 Å². The maximum absolute atomic E-state index is 13.5. The summed E-state index contributed by atoms with van der Waals surface area (Å²) in [6, 6.07) is 20.0. The molecule has 9 heteroatoms. The number of rotatable bonds is 8. The number of benzene rings is 3. The number of carbonyl (C=O) groups is 1. The summed E-state index contributed by atoms with van der Waals surface area (Å²) in [5.41, 5.74) is 1.87. The monoisotopic (exact) mass is 588 g/mol. The van der Waals surface area contributed by atoms with Crippen molar-refractivity contribution in [2.45, 2.75) is 38.0 Å². The molecular weight excluding hydrogens is 560 g/mol. The topological polar surface area (TPSA) is 94.8 Å². The van der Waals surface area contributed by atoms with Crippen LogP contribution in [0.2, 0.25) is 0 Å². The number of para-hydroxylation sites is 2. The first-order valence-corrected chi connectivity index (χ1v) is 13.7. The predicted molar refractivity (Wildman–Crippen MR) is 156 cm³/mol. The molecule has 1 aliphatic rings. The van der Waals surface area contributed by atoms with Crippen LogP contribution >= 0.6 is 15.9 Å². The lowest BCUT2D eigenvalue weighted by molar-refractivity contribution is -0.118. The molecule has 1 amide bonds. The fourth-order valence-corrected chi connectivity index (χ4v) is 5.21. The van der Waals surface area contributed by atoms with Crippen molar-refractivity contribution in [1.82, 2.24) is 9.66 Å². The molecule has 0 radical (unpaired) electrons. The van der Waals surface area contributed by atoms with Gasteiger partial charge < -0.3 is 14.8 Å². The highest BCUT2D eigenvalue weighted by Gasteiger charge is 2.22. The van der Waals surface area contributed by atoms with E-state index in [9.17, 15) is 9.59 Å². The first-order valence-electron chi connectivity index (χ1n) is 12.9. The molecule has 4 aromatic rings. The Labute approximate surface area is 234 Å². The van der Waals surface area contributed by atoms with Gasteiger partial charge >= 0.3 is 0 Å². The fourth-order valence-electron chi connectivity index (χ4n) is 4.78. The zero-order chi connectivity index (χ0) is 27.2. The number of hydrogen-bond donors (Lipinski definition) is 1. The van der Waals surface area contributed by atoms with E-state index < -0.39 is 0 Å². The highest BCUT2D eigenvalue weighted by atomic mass is 79.9. The molecule has 1 aromatic heterocycles. The van der Waals surface area contributed by atoms with E-state index in [0.29, 0.717) is 43.9 Å². The Hall–Kier alpha value is -3.98. The molecule has 1 heterocycles. The molecule has 1 aliphatic carbocycles. The minimum absolute atomic E-state index is 0.184. The van der Waals surface area contributed by atoms with Gasteiger partial charge in [-0.2, -0.15) is 9.78 Å². The number of ether oxygens (including phenoxy) is 2. The van der Waals surface area contributed by atoms with Gasteiger partial charge in [0, 0.05) is 21.6 Å². The molecular formula is C30H29BrN4O4. The zero-order valence-corrected chi connectivity index (χ0v) is 23.2. The molecule has 1 fully saturated rings. The normalized spacial score (nSPS) is 14.0. The fraction of sp³-hybridized carbons (Fsp3) is 0.267. The Morgan fingerprint density at radius 2 is 1.82 bits per heavy atom. The Morgan fingerprint density at radius 3 is 2.59 bits per heavy atom. The van der Waals surface area contributed by atoms with Crippen molar-refractivity contribution in [3.63, 3.8) is 0 Å². The Morgan fingerprint density at radius 1 is 1.08 bits per heavy atom. The molecule has 5 rings (SSSR count). The van der Waals surface area contributed by atoms with Gasteiger partial charge in [-0.3, -0.25) is 9.59 Å². The first kappa shape index (κ1) is 26.6. The van der Waals surface area contributed by atoms with Crippen LogP contribution in [0.25, 0.3) is 10.9 Å². The molecule has 8 nitrogen and oxygen atoms in total. The second-order valence-electron chi connectivity index (χ2n) is 9.41. The van der Waals surface area contributed by atoms with Crippen LogP contribution in [-0.4, -0.2) is 35.5 Å². The molecule has 0 bridgehead atoms. The molecule has 39 heavy (non-hydrogen) atoms. The molecule has 0 aliphatic heterocycles. The van der Waals surface area contributed by atoms with Crippen LogP contribution in [0.1, 0.15) is 49.4 Å². The third-order valence-corrected chi connectivity index (χ3v) is 7.45. The van der Waals surface area contributed by atoms with E-state index in [1.807, 2.05) is 36.4 Å². The van der Waals surface area contributed by atoms with E-state index in [2.05, 4.69) is 26.3 Å². The number of anilines is 1. The van der Waals surface area contributed by atoms with E-state index in [0.717, 1.165) is 25.7 Å². The smallest absolute Gasteiger partial charge is 0.282 e. The number of aromatic nitrogens is 2. The zero-order valence-electron chi connectivity index (χ0n) is 21.6. The minimum atomic E-state index is -0.288. The van der Waals surface area contributed by atoms with Gasteiger partial charge in [0.15, 0.2) is 18.1 Å². The van der Waals surface area contributed by atoms with Gasteiger partial charge in [0.05, 0.1) is 24.2 Å². The highest BCUT2D eigenvalue weighted by molar-refractivity contribution is 9.10. The summed E-state index contributed by atoms with van der Waals surface area (Å²) in [5.74, 6) is 1.43. The number of amides is 1. The van der Waals surface area contributed by atoms with Crippen LogP contribution in [-0.2, 0) is 4.79 Å². The second-order valence-corrected chi connectivity index (χ2v) is 10.3. The third kappa shape index (κ3) is 6.20. The summed E-state index contributed by atoms with van der Waals surface area (Å²) < 4.78 is 13.4. The van der Waals surface area contributed by atoms with E-state index in [-0.39, 0.29) is 24.0 Å². The molecule has 1 N–H and O–H groups in total. The largest absolute Gasteiger partial charge is 0.493 e. The third-order valence-electron chi connectivity index (χ3n) is 6.76. The van der Waals surface area contributed by atoms with Gasteiger partial charge in [-0.25, -0.2) is 4.98 Å². The average Bonchev–Trinajstić information content (AvgIpc) is 2.97. The summed E-state index contributed by atoms with van der Waals surface area (Å²) in [7, 11) is 1.53. The van der Waals surface area contributed by atoms with Crippen LogP contribution in [0.15, 0.2) is 81.1 Å². The van der Waals surface area contributed by atoms with Crippen LogP contribution in [0, 0.1) is 0 Å². The predicted octanol–water partition coefficient (Wildman–Crippen LogP) is 6.12. The van der Waals surface area contributed by atoms with Crippen molar-refractivity contribution in [2.75, 3.05) is 19.0 Å². The number of fused-ring (bicyclic) bond motifs is 1. The molecule has 1 saturated carbocycles. The molecule has 0 saturated heterocycles. The van der Waals surface area contributed by atoms with Crippen LogP contribution < -0.4 is 20.3 Å². The quantitative estimate of drug-likeness (QED) is 0.250. The van der Waals surface area contributed by atoms with Crippen molar-refractivity contribution < 1.29 is 14.3 Å². The Kier molecular flexibility index (Phi) is 8.36.